The number of alkyl halides is 3. The zero-order chi connectivity index (χ0) is 30.3. The molecule has 1 N–H and O–H groups in total. The molecular weight excluding hydrogens is 559 g/mol. The Labute approximate surface area is 242 Å². The highest BCUT2D eigenvalue weighted by molar-refractivity contribution is 5.78. The third kappa shape index (κ3) is 8.76. The minimum absolute atomic E-state index is 0.197. The van der Waals surface area contributed by atoms with Crippen LogP contribution in [0.4, 0.5) is 13.2 Å². The number of ether oxygens (including phenoxy) is 8. The maximum atomic E-state index is 13.2. The minimum Gasteiger partial charge on any atom is -0.497 e. The van der Waals surface area contributed by atoms with E-state index in [-0.39, 0.29) is 20.0 Å². The minimum atomic E-state index is -4.96. The van der Waals surface area contributed by atoms with Crippen LogP contribution in [-0.2, 0) is 46.4 Å². The second-order valence-corrected chi connectivity index (χ2v) is 10.3. The molecule has 230 valence electrons. The summed E-state index contributed by atoms with van der Waals surface area (Å²) in [6.45, 7) is 5.32. The Morgan fingerprint density at radius 2 is 1.71 bits per heavy atom. The molecular formula is C30H36F3NO8. The van der Waals surface area contributed by atoms with Gasteiger partial charge in [-0.25, -0.2) is 0 Å². The van der Waals surface area contributed by atoms with Crippen molar-refractivity contribution in [2.24, 2.45) is 0 Å². The fraction of sp³-hybridized carbons (Fsp3) is 0.500. The smallest absolute Gasteiger partial charge is 0.467 e. The normalized spacial score (nSPS) is 24.8. The Bertz CT molecular complexity index is 1180. The summed E-state index contributed by atoms with van der Waals surface area (Å²) in [6.07, 6.45) is -7.00. The van der Waals surface area contributed by atoms with Crippen LogP contribution in [-0.4, -0.2) is 68.6 Å². The Balaban J connectivity index is 1.44. The first-order chi connectivity index (χ1) is 19.9. The SMILES string of the molecule is COc1ccc(CO[C@H]2[C@H]3OC(C)(C)O[C@H]3O[C@@H]2/C=C/[C@H](OC(=N)C(F)(F)F)[C@@H](C)OCOCc2ccccc2)cc1. The van der Waals surface area contributed by atoms with Crippen LogP contribution in [0.15, 0.2) is 66.7 Å². The molecule has 12 heteroatoms. The highest BCUT2D eigenvalue weighted by Crippen LogP contribution is 2.39. The van der Waals surface area contributed by atoms with Crippen molar-refractivity contribution in [2.45, 2.75) is 82.8 Å². The van der Waals surface area contributed by atoms with Crippen LogP contribution in [0.2, 0.25) is 0 Å². The molecule has 9 nitrogen and oxygen atoms in total. The monoisotopic (exact) mass is 595 g/mol. The van der Waals surface area contributed by atoms with E-state index in [1.165, 1.54) is 19.1 Å². The number of nitrogens with one attached hydrogen (secondary N) is 1. The molecule has 0 amide bonds. The van der Waals surface area contributed by atoms with Crippen LogP contribution in [0, 0.1) is 5.41 Å². The lowest BCUT2D eigenvalue weighted by Gasteiger charge is -2.26. The van der Waals surface area contributed by atoms with Crippen LogP contribution in [0.5, 0.6) is 5.75 Å². The molecule has 42 heavy (non-hydrogen) atoms. The van der Waals surface area contributed by atoms with Gasteiger partial charge in [-0.2, -0.15) is 13.2 Å². The third-order valence-electron chi connectivity index (χ3n) is 6.62. The second kappa shape index (κ2) is 14.0. The maximum Gasteiger partial charge on any atom is 0.467 e. The van der Waals surface area contributed by atoms with Crippen molar-refractivity contribution in [1.82, 2.24) is 0 Å². The van der Waals surface area contributed by atoms with Gasteiger partial charge in [0.05, 0.1) is 26.4 Å². The van der Waals surface area contributed by atoms with Crippen molar-refractivity contribution < 1.29 is 51.1 Å². The van der Waals surface area contributed by atoms with Gasteiger partial charge < -0.3 is 37.9 Å². The summed E-state index contributed by atoms with van der Waals surface area (Å²) in [7, 11) is 1.58. The molecule has 0 aliphatic carbocycles. The van der Waals surface area contributed by atoms with Gasteiger partial charge in [0.1, 0.15) is 37.0 Å². The number of benzene rings is 2. The molecule has 0 aromatic heterocycles. The van der Waals surface area contributed by atoms with Crippen LogP contribution in [0.3, 0.4) is 0 Å². The lowest BCUT2D eigenvalue weighted by Crippen LogP contribution is -2.37. The number of hydrogen-bond donors (Lipinski definition) is 1. The number of fused-ring (bicyclic) bond motifs is 1. The molecule has 2 heterocycles. The maximum absolute atomic E-state index is 13.2. The van der Waals surface area contributed by atoms with E-state index in [0.717, 1.165) is 11.1 Å². The van der Waals surface area contributed by atoms with Crippen molar-refractivity contribution in [2.75, 3.05) is 13.9 Å². The molecule has 2 saturated heterocycles. The zero-order valence-electron chi connectivity index (χ0n) is 23.8. The van der Waals surface area contributed by atoms with Crippen LogP contribution < -0.4 is 4.74 Å². The van der Waals surface area contributed by atoms with Gasteiger partial charge in [0, 0.05) is 0 Å². The Hall–Kier alpha value is -3.00. The molecule has 2 aliphatic heterocycles. The van der Waals surface area contributed by atoms with Gasteiger partial charge in [0.2, 0.25) is 0 Å². The highest BCUT2D eigenvalue weighted by Gasteiger charge is 2.54. The average molecular weight is 596 g/mol. The summed E-state index contributed by atoms with van der Waals surface area (Å²) in [5.74, 6) is -2.04. The fourth-order valence-electron chi connectivity index (χ4n) is 4.46. The van der Waals surface area contributed by atoms with E-state index in [1.54, 1.807) is 21.0 Å². The van der Waals surface area contributed by atoms with Crippen molar-refractivity contribution in [3.8, 4) is 5.75 Å². The van der Waals surface area contributed by atoms with E-state index in [2.05, 4.69) is 0 Å². The Morgan fingerprint density at radius 3 is 2.38 bits per heavy atom. The van der Waals surface area contributed by atoms with Gasteiger partial charge in [-0.1, -0.05) is 48.5 Å². The van der Waals surface area contributed by atoms with E-state index in [0.29, 0.717) is 5.75 Å². The van der Waals surface area contributed by atoms with Crippen molar-refractivity contribution in [3.63, 3.8) is 0 Å². The lowest BCUT2D eigenvalue weighted by atomic mass is 10.1. The zero-order valence-corrected chi connectivity index (χ0v) is 23.8. The van der Waals surface area contributed by atoms with Crippen LogP contribution >= 0.6 is 0 Å². The largest absolute Gasteiger partial charge is 0.497 e. The summed E-state index contributed by atoms with van der Waals surface area (Å²) in [5, 5.41) is 7.38. The van der Waals surface area contributed by atoms with Gasteiger partial charge in [0.15, 0.2) is 12.1 Å². The molecule has 0 spiro atoms. The van der Waals surface area contributed by atoms with Gasteiger partial charge in [-0.3, -0.25) is 5.41 Å². The van der Waals surface area contributed by atoms with Gasteiger partial charge >= 0.3 is 6.18 Å². The van der Waals surface area contributed by atoms with Crippen molar-refractivity contribution >= 4 is 5.90 Å². The summed E-state index contributed by atoms with van der Waals surface area (Å²) < 4.78 is 85.0. The van der Waals surface area contributed by atoms with E-state index in [1.807, 2.05) is 54.6 Å². The predicted molar refractivity (Wildman–Crippen MR) is 145 cm³/mol. The standard InChI is InChI=1S/C30H36F3NO8/c1-19(38-18-36-16-20-8-6-5-7-9-20)23(40-28(34)30(31,32)33)14-15-24-25(26-27(39-24)42-29(2,3)41-26)37-17-21-10-12-22(35-4)13-11-21/h5-15,19,23-27,34H,16-18H2,1-4H3/b15-14+,34-28?/t19-,23+,24-,25-,26-,27-/m1/s1. The summed E-state index contributed by atoms with van der Waals surface area (Å²) in [6, 6.07) is 16.7. The first kappa shape index (κ1) is 31.9. The molecule has 0 bridgehead atoms. The van der Waals surface area contributed by atoms with Crippen LogP contribution in [0.1, 0.15) is 31.9 Å². The lowest BCUT2D eigenvalue weighted by molar-refractivity contribution is -0.213. The molecule has 0 unspecified atom stereocenters. The number of hydrogen-bond acceptors (Lipinski definition) is 9. The van der Waals surface area contributed by atoms with Crippen molar-refractivity contribution in [1.29, 1.82) is 5.41 Å². The predicted octanol–water partition coefficient (Wildman–Crippen LogP) is 5.52. The molecule has 6 atom stereocenters. The summed E-state index contributed by atoms with van der Waals surface area (Å²) in [5.41, 5.74) is 1.79. The third-order valence-corrected chi connectivity index (χ3v) is 6.62. The number of methoxy groups -OCH3 is 1. The van der Waals surface area contributed by atoms with E-state index >= 15 is 0 Å². The average Bonchev–Trinajstić information content (AvgIpc) is 3.42. The van der Waals surface area contributed by atoms with E-state index in [9.17, 15) is 13.2 Å². The van der Waals surface area contributed by atoms with Gasteiger partial charge in [-0.15, -0.1) is 0 Å². The van der Waals surface area contributed by atoms with Crippen LogP contribution in [0.25, 0.3) is 0 Å². The van der Waals surface area contributed by atoms with E-state index in [4.69, 9.17) is 43.3 Å². The fourth-order valence-corrected chi connectivity index (χ4v) is 4.46. The molecule has 4 rings (SSSR count). The topological polar surface area (TPSA) is 97.7 Å². The summed E-state index contributed by atoms with van der Waals surface area (Å²) in [4.78, 5) is 0. The van der Waals surface area contributed by atoms with Crippen molar-refractivity contribution in [3.05, 3.63) is 77.9 Å². The first-order valence-electron chi connectivity index (χ1n) is 13.4. The Morgan fingerprint density at radius 1 is 1.02 bits per heavy atom. The number of halogens is 3. The summed E-state index contributed by atoms with van der Waals surface area (Å²) >= 11 is 0. The molecule has 0 saturated carbocycles. The first-order valence-corrected chi connectivity index (χ1v) is 13.4. The molecule has 2 fully saturated rings. The molecule has 0 radical (unpaired) electrons. The second-order valence-electron chi connectivity index (χ2n) is 10.3. The quantitative estimate of drug-likeness (QED) is 0.106. The molecule has 2 aromatic carbocycles. The van der Waals surface area contributed by atoms with E-state index < -0.39 is 54.7 Å². The molecule has 2 aliphatic rings. The number of rotatable bonds is 13. The molecule has 2 aromatic rings. The van der Waals surface area contributed by atoms with Gasteiger partial charge in [-0.05, 0) is 50.1 Å². The Kier molecular flexibility index (Phi) is 10.6. The highest BCUT2D eigenvalue weighted by atomic mass is 19.4. The van der Waals surface area contributed by atoms with Gasteiger partial charge in [0.25, 0.3) is 5.90 Å².